The summed E-state index contributed by atoms with van der Waals surface area (Å²) in [5, 5.41) is 13.4. The van der Waals surface area contributed by atoms with Crippen LogP contribution in [0.3, 0.4) is 0 Å². The second-order valence-electron chi connectivity index (χ2n) is 6.73. The van der Waals surface area contributed by atoms with E-state index in [1.165, 1.54) is 0 Å². The van der Waals surface area contributed by atoms with E-state index in [4.69, 9.17) is 9.47 Å². The Labute approximate surface area is 183 Å². The number of benzene rings is 1. The number of methoxy groups -OCH3 is 1. The van der Waals surface area contributed by atoms with E-state index in [1.54, 1.807) is 0 Å². The number of ether oxygens (including phenoxy) is 4. The highest BCUT2D eigenvalue weighted by Gasteiger charge is 2.58. The Kier molecular flexibility index (Phi) is 8.49. The molecule has 1 heterocycles. The predicted molar refractivity (Wildman–Crippen MR) is 97.8 cm³/mol. The minimum Gasteiger partial charge on any atom is -0.480 e. The van der Waals surface area contributed by atoms with Gasteiger partial charge in [-0.25, -0.2) is 4.79 Å². The van der Waals surface area contributed by atoms with Crippen molar-refractivity contribution < 1.29 is 55.4 Å². The molecule has 1 saturated heterocycles. The number of amides is 1. The van der Waals surface area contributed by atoms with E-state index in [0.717, 1.165) is 13.2 Å². The van der Waals surface area contributed by atoms with Gasteiger partial charge in [-0.2, -0.15) is 22.0 Å². The molecule has 33 heavy (non-hydrogen) atoms. The number of rotatable bonds is 10. The van der Waals surface area contributed by atoms with Crippen LogP contribution in [-0.2, 0) is 19.0 Å². The Hall–Kier alpha value is -3.07. The number of esters is 1. The quantitative estimate of drug-likeness (QED) is 0.232. The number of nitrogens with one attached hydrogen (secondary N) is 1. The van der Waals surface area contributed by atoms with E-state index in [9.17, 15) is 41.7 Å². The van der Waals surface area contributed by atoms with Gasteiger partial charge in [-0.1, -0.05) is 0 Å². The van der Waals surface area contributed by atoms with Gasteiger partial charge >= 0.3 is 23.8 Å². The summed E-state index contributed by atoms with van der Waals surface area (Å²) in [4.78, 5) is 34.5. The molecule has 184 valence electrons. The highest BCUT2D eigenvalue weighted by Crippen LogP contribution is 2.37. The van der Waals surface area contributed by atoms with Crippen LogP contribution >= 0.6 is 0 Å². The molecule has 2 rings (SSSR count). The van der Waals surface area contributed by atoms with E-state index in [1.807, 2.05) is 0 Å². The van der Waals surface area contributed by atoms with Crippen molar-refractivity contribution in [1.29, 1.82) is 0 Å². The molecule has 10 nitrogen and oxygen atoms in total. The number of nitro benzene ring substituents is 1. The van der Waals surface area contributed by atoms with Crippen molar-refractivity contribution in [2.45, 2.75) is 37.3 Å². The first-order valence-electron chi connectivity index (χ1n) is 9.33. The smallest absolute Gasteiger partial charge is 0.456 e. The van der Waals surface area contributed by atoms with Crippen LogP contribution in [0.15, 0.2) is 18.2 Å². The standard InChI is InChI=1S/C18H19F5N2O8/c1-30-16(27)11(3-5-14-31-6-7-32-14)24-15(26)10-2-4-12(25(28)29)13(8-10)33-9-17(19,20)18(21,22)23/h2,4,8,11,14H,3,5-7,9H2,1H3,(H,24,26)/t11-/m0/s1. The highest BCUT2D eigenvalue weighted by atomic mass is 19.4. The summed E-state index contributed by atoms with van der Waals surface area (Å²) in [5.74, 6) is -8.09. The molecule has 0 radical (unpaired) electrons. The molecule has 1 aromatic rings. The van der Waals surface area contributed by atoms with Crippen LogP contribution in [0.1, 0.15) is 23.2 Å². The van der Waals surface area contributed by atoms with E-state index < -0.39 is 64.8 Å². The molecule has 0 unspecified atom stereocenters. The molecule has 15 heteroatoms. The van der Waals surface area contributed by atoms with Gasteiger partial charge < -0.3 is 24.3 Å². The lowest BCUT2D eigenvalue weighted by atomic mass is 10.1. The average molecular weight is 486 g/mol. The minimum absolute atomic E-state index is 0.0250. The number of nitrogens with zero attached hydrogens (tertiary/aromatic N) is 1. The van der Waals surface area contributed by atoms with E-state index >= 15 is 0 Å². The van der Waals surface area contributed by atoms with Gasteiger partial charge in [-0.05, 0) is 12.5 Å². The van der Waals surface area contributed by atoms with Gasteiger partial charge in [0.2, 0.25) is 0 Å². The maximum Gasteiger partial charge on any atom is 0.456 e. The summed E-state index contributed by atoms with van der Waals surface area (Å²) in [6.45, 7) is -1.52. The minimum atomic E-state index is -5.95. The number of nitro groups is 1. The fraction of sp³-hybridized carbons (Fsp3) is 0.556. The zero-order valence-electron chi connectivity index (χ0n) is 17.0. The summed E-state index contributed by atoms with van der Waals surface area (Å²) in [5.41, 5.74) is -1.34. The molecule has 1 aliphatic rings. The van der Waals surface area contributed by atoms with Crippen molar-refractivity contribution >= 4 is 17.6 Å². The number of hydrogen-bond donors (Lipinski definition) is 1. The maximum atomic E-state index is 13.1. The number of alkyl halides is 5. The van der Waals surface area contributed by atoms with Crippen LogP contribution in [-0.4, -0.2) is 68.2 Å². The number of halogens is 5. The third kappa shape index (κ3) is 6.95. The summed E-state index contributed by atoms with van der Waals surface area (Å²) < 4.78 is 82.8. The van der Waals surface area contributed by atoms with Crippen LogP contribution in [0.25, 0.3) is 0 Å². The lowest BCUT2D eigenvalue weighted by Crippen LogP contribution is -2.42. The summed E-state index contributed by atoms with van der Waals surface area (Å²) in [6.07, 6.45) is -6.31. The van der Waals surface area contributed by atoms with Crippen LogP contribution in [0.5, 0.6) is 5.75 Å². The molecular weight excluding hydrogens is 467 g/mol. The molecule has 1 N–H and O–H groups in total. The lowest BCUT2D eigenvalue weighted by Gasteiger charge is -2.20. The first-order valence-corrected chi connectivity index (χ1v) is 9.33. The van der Waals surface area contributed by atoms with Crippen molar-refractivity contribution in [3.63, 3.8) is 0 Å². The Morgan fingerprint density at radius 2 is 1.88 bits per heavy atom. The van der Waals surface area contributed by atoms with Crippen molar-refractivity contribution in [1.82, 2.24) is 5.32 Å². The van der Waals surface area contributed by atoms with Crippen LogP contribution in [0.4, 0.5) is 27.6 Å². The molecule has 0 bridgehead atoms. The summed E-state index contributed by atoms with van der Waals surface area (Å²) in [6, 6.07) is 1.05. The van der Waals surface area contributed by atoms with Gasteiger partial charge in [-0.3, -0.25) is 14.9 Å². The predicted octanol–water partition coefficient (Wildman–Crippen LogP) is 2.60. The average Bonchev–Trinajstić information content (AvgIpc) is 3.27. The number of carbonyl (C=O) groups excluding carboxylic acids is 2. The summed E-state index contributed by atoms with van der Waals surface area (Å²) in [7, 11) is 1.07. The molecule has 0 spiro atoms. The molecule has 0 aliphatic carbocycles. The Balaban J connectivity index is 2.17. The van der Waals surface area contributed by atoms with Crippen LogP contribution < -0.4 is 10.1 Å². The molecule has 1 amide bonds. The molecule has 0 aromatic heterocycles. The third-order valence-corrected chi connectivity index (χ3v) is 4.42. The SMILES string of the molecule is COC(=O)[C@H](CCC1OCCO1)NC(=O)c1ccc([N+](=O)[O-])c(OCC(F)(F)C(F)(F)F)c1. The van der Waals surface area contributed by atoms with Gasteiger partial charge in [0.15, 0.2) is 18.6 Å². The Bertz CT molecular complexity index is 874. The molecule has 1 aliphatic heterocycles. The summed E-state index contributed by atoms with van der Waals surface area (Å²) >= 11 is 0. The normalized spacial score (nSPS) is 15.7. The molecule has 1 aromatic carbocycles. The molecule has 1 atom stereocenters. The fourth-order valence-corrected chi connectivity index (χ4v) is 2.68. The largest absolute Gasteiger partial charge is 0.480 e. The number of hydrogen-bond acceptors (Lipinski definition) is 8. The van der Waals surface area contributed by atoms with Gasteiger partial charge in [0.25, 0.3) is 5.91 Å². The maximum absolute atomic E-state index is 13.1. The molecule has 1 fully saturated rings. The monoisotopic (exact) mass is 486 g/mol. The topological polar surface area (TPSA) is 126 Å². The van der Waals surface area contributed by atoms with E-state index in [-0.39, 0.29) is 12.8 Å². The second-order valence-corrected chi connectivity index (χ2v) is 6.73. The van der Waals surface area contributed by atoms with Gasteiger partial charge in [-0.15, -0.1) is 0 Å². The molecule has 0 saturated carbocycles. The fourth-order valence-electron chi connectivity index (χ4n) is 2.68. The second kappa shape index (κ2) is 10.7. The van der Waals surface area contributed by atoms with Gasteiger partial charge in [0.05, 0.1) is 25.2 Å². The Morgan fingerprint density at radius 3 is 2.42 bits per heavy atom. The lowest BCUT2D eigenvalue weighted by molar-refractivity contribution is -0.386. The van der Waals surface area contributed by atoms with Crippen molar-refractivity contribution in [2.24, 2.45) is 0 Å². The van der Waals surface area contributed by atoms with Crippen molar-refractivity contribution in [3.05, 3.63) is 33.9 Å². The van der Waals surface area contributed by atoms with E-state index in [2.05, 4.69) is 14.8 Å². The Morgan fingerprint density at radius 1 is 1.24 bits per heavy atom. The van der Waals surface area contributed by atoms with Gasteiger partial charge in [0.1, 0.15) is 6.04 Å². The van der Waals surface area contributed by atoms with Crippen LogP contribution in [0, 0.1) is 10.1 Å². The first-order chi connectivity index (χ1) is 15.4. The first kappa shape index (κ1) is 26.2. The molecular formula is C18H19F5N2O8. The number of carbonyl (C=O) groups is 2. The highest BCUT2D eigenvalue weighted by molar-refractivity contribution is 5.97. The zero-order chi connectivity index (χ0) is 24.8. The van der Waals surface area contributed by atoms with Crippen molar-refractivity contribution in [3.8, 4) is 5.75 Å². The van der Waals surface area contributed by atoms with Crippen molar-refractivity contribution in [2.75, 3.05) is 26.9 Å². The van der Waals surface area contributed by atoms with Crippen LogP contribution in [0.2, 0.25) is 0 Å². The zero-order valence-corrected chi connectivity index (χ0v) is 17.0. The van der Waals surface area contributed by atoms with Gasteiger partial charge in [0, 0.05) is 24.1 Å². The third-order valence-electron chi connectivity index (χ3n) is 4.42. The van der Waals surface area contributed by atoms with E-state index in [0.29, 0.717) is 25.3 Å².